The molecule has 1 saturated heterocycles. The third-order valence-electron chi connectivity index (χ3n) is 5.94. The second-order valence-corrected chi connectivity index (χ2v) is 8.72. The zero-order valence-electron chi connectivity index (χ0n) is 19.4. The minimum atomic E-state index is -0.125. The van der Waals surface area contributed by atoms with E-state index in [1.807, 2.05) is 24.3 Å². The molecule has 5 rings (SSSR count). The van der Waals surface area contributed by atoms with Gasteiger partial charge in [0, 0.05) is 55.7 Å². The number of hydrogen-bond donors (Lipinski definition) is 2. The average Bonchev–Trinajstić information content (AvgIpc) is 2.81. The van der Waals surface area contributed by atoms with Crippen molar-refractivity contribution in [3.05, 3.63) is 65.3 Å². The van der Waals surface area contributed by atoms with Crippen molar-refractivity contribution in [2.24, 2.45) is 7.05 Å². The number of benzene rings is 1. The topological polar surface area (TPSA) is 111 Å². The first-order valence-electron chi connectivity index (χ1n) is 11.2. The van der Waals surface area contributed by atoms with Crippen LogP contribution in [-0.4, -0.2) is 44.8 Å². The third-order valence-corrected chi connectivity index (χ3v) is 5.94. The molecule has 0 aliphatic carbocycles. The smallest absolute Gasteiger partial charge is 0.261 e. The summed E-state index contributed by atoms with van der Waals surface area (Å²) in [6.07, 6.45) is 5.37. The molecule has 0 unspecified atom stereocenters. The number of ether oxygens (including phenoxy) is 1. The van der Waals surface area contributed by atoms with E-state index in [4.69, 9.17) is 15.5 Å². The van der Waals surface area contributed by atoms with Gasteiger partial charge in [-0.1, -0.05) is 0 Å². The predicted molar refractivity (Wildman–Crippen MR) is 134 cm³/mol. The van der Waals surface area contributed by atoms with Crippen LogP contribution >= 0.6 is 0 Å². The number of hydrogen-bond acceptors (Lipinski definition) is 8. The van der Waals surface area contributed by atoms with Gasteiger partial charge in [0.1, 0.15) is 5.82 Å². The second-order valence-electron chi connectivity index (χ2n) is 8.72. The molecule has 2 atom stereocenters. The summed E-state index contributed by atoms with van der Waals surface area (Å²) in [4.78, 5) is 28.2. The fraction of sp³-hybridized carbons (Fsp3) is 0.280. The summed E-state index contributed by atoms with van der Waals surface area (Å²) in [7, 11) is 1.73. The minimum absolute atomic E-state index is 0.125. The van der Waals surface area contributed by atoms with Gasteiger partial charge in [0.05, 0.1) is 23.3 Å². The molecule has 34 heavy (non-hydrogen) atoms. The van der Waals surface area contributed by atoms with Crippen LogP contribution in [0.15, 0.2) is 59.8 Å². The highest BCUT2D eigenvalue weighted by atomic mass is 16.5. The summed E-state index contributed by atoms with van der Waals surface area (Å²) in [5.41, 5.74) is 8.84. The van der Waals surface area contributed by atoms with Gasteiger partial charge >= 0.3 is 0 Å². The van der Waals surface area contributed by atoms with Crippen LogP contribution in [0.3, 0.4) is 0 Å². The molecule has 3 N–H and O–H groups in total. The van der Waals surface area contributed by atoms with Gasteiger partial charge in [-0.2, -0.15) is 0 Å². The number of nitrogens with one attached hydrogen (secondary N) is 1. The van der Waals surface area contributed by atoms with E-state index >= 15 is 0 Å². The van der Waals surface area contributed by atoms with Gasteiger partial charge in [-0.05, 0) is 55.6 Å². The zero-order valence-corrected chi connectivity index (χ0v) is 19.4. The summed E-state index contributed by atoms with van der Waals surface area (Å²) in [5, 5.41) is 4.65. The van der Waals surface area contributed by atoms with Gasteiger partial charge in [-0.25, -0.2) is 15.0 Å². The van der Waals surface area contributed by atoms with E-state index in [1.54, 1.807) is 30.2 Å². The third kappa shape index (κ3) is 4.29. The number of rotatable bonds is 4. The second kappa shape index (κ2) is 8.75. The first-order valence-corrected chi connectivity index (χ1v) is 11.2. The maximum Gasteiger partial charge on any atom is 0.261 e. The van der Waals surface area contributed by atoms with Gasteiger partial charge in [-0.15, -0.1) is 0 Å². The number of aromatic nitrogens is 4. The lowest BCUT2D eigenvalue weighted by atomic mass is 10.1. The van der Waals surface area contributed by atoms with Crippen molar-refractivity contribution in [3.8, 4) is 11.3 Å². The molecule has 9 heteroatoms. The molecule has 1 aliphatic heterocycles. The lowest BCUT2D eigenvalue weighted by molar-refractivity contribution is -0.00521. The van der Waals surface area contributed by atoms with Crippen molar-refractivity contribution in [2.45, 2.75) is 26.1 Å². The molecule has 3 aromatic heterocycles. The quantitative estimate of drug-likeness (QED) is 0.480. The van der Waals surface area contributed by atoms with Crippen molar-refractivity contribution in [2.75, 3.05) is 29.0 Å². The van der Waals surface area contributed by atoms with E-state index < -0.39 is 0 Å². The van der Waals surface area contributed by atoms with Gasteiger partial charge < -0.3 is 25.3 Å². The number of anilines is 4. The molecule has 1 fully saturated rings. The Labute approximate surface area is 197 Å². The molecule has 9 nitrogen and oxygen atoms in total. The zero-order chi connectivity index (χ0) is 23.8. The van der Waals surface area contributed by atoms with Gasteiger partial charge in [-0.3, -0.25) is 4.79 Å². The van der Waals surface area contributed by atoms with E-state index in [1.165, 1.54) is 0 Å². The van der Waals surface area contributed by atoms with Gasteiger partial charge in [0.15, 0.2) is 0 Å². The molecule has 174 valence electrons. The summed E-state index contributed by atoms with van der Waals surface area (Å²) in [5.74, 6) is 0.674. The summed E-state index contributed by atoms with van der Waals surface area (Å²) in [6, 6.07) is 11.9. The number of fused-ring (bicyclic) bond motifs is 1. The maximum atomic E-state index is 13.0. The largest absolute Gasteiger partial charge is 0.372 e. The van der Waals surface area contributed by atoms with Crippen LogP contribution in [0.5, 0.6) is 0 Å². The standard InChI is InChI=1S/C25H27N7O2/c1-15-13-32(14-16(2)34-15)20-6-4-19(5-7-20)29-23-22-17(8-9-31(3)24(22)33)10-21(30-23)18-11-27-25(26)28-12-18/h4-12,15-16H,13-14H2,1-3H3,(H,29,30)(H2,26,27,28)/t15-,16+. The Balaban J connectivity index is 1.51. The molecule has 0 amide bonds. The van der Waals surface area contributed by atoms with Crippen LogP contribution in [-0.2, 0) is 11.8 Å². The summed E-state index contributed by atoms with van der Waals surface area (Å²) >= 11 is 0. The number of nitrogens with zero attached hydrogens (tertiary/aromatic N) is 5. The SMILES string of the molecule is C[C@@H]1CN(c2ccc(Nc3nc(-c4cnc(N)nc4)cc4ccn(C)c(=O)c34)cc2)C[C@H](C)O1. The van der Waals surface area contributed by atoms with Crippen molar-refractivity contribution in [3.63, 3.8) is 0 Å². The first kappa shape index (κ1) is 21.8. The van der Waals surface area contributed by atoms with E-state index in [-0.39, 0.29) is 23.7 Å². The van der Waals surface area contributed by atoms with Crippen molar-refractivity contribution in [1.29, 1.82) is 0 Å². The molecule has 0 saturated carbocycles. The van der Waals surface area contributed by atoms with Gasteiger partial charge in [0.2, 0.25) is 5.95 Å². The monoisotopic (exact) mass is 457 g/mol. The van der Waals surface area contributed by atoms with Crippen LogP contribution in [0.25, 0.3) is 22.0 Å². The summed E-state index contributed by atoms with van der Waals surface area (Å²) < 4.78 is 7.39. The van der Waals surface area contributed by atoms with Crippen molar-refractivity contribution >= 4 is 33.9 Å². The molecule has 4 aromatic rings. The lowest BCUT2D eigenvalue weighted by Crippen LogP contribution is -2.45. The molecule has 4 heterocycles. The van der Waals surface area contributed by atoms with E-state index in [2.05, 4.69) is 46.2 Å². The number of pyridine rings is 2. The number of morpholine rings is 1. The van der Waals surface area contributed by atoms with Crippen molar-refractivity contribution in [1.82, 2.24) is 19.5 Å². The van der Waals surface area contributed by atoms with Crippen molar-refractivity contribution < 1.29 is 4.74 Å². The first-order chi connectivity index (χ1) is 16.4. The Kier molecular flexibility index (Phi) is 5.62. The predicted octanol–water partition coefficient (Wildman–Crippen LogP) is 3.33. The van der Waals surface area contributed by atoms with Crippen LogP contribution < -0.4 is 21.5 Å². The maximum absolute atomic E-state index is 13.0. The normalized spacial score (nSPS) is 18.3. The van der Waals surface area contributed by atoms with Gasteiger partial charge in [0.25, 0.3) is 5.56 Å². The fourth-order valence-corrected chi connectivity index (χ4v) is 4.35. The minimum Gasteiger partial charge on any atom is -0.372 e. The number of aryl methyl sites for hydroxylation is 1. The van der Waals surface area contributed by atoms with Crippen LogP contribution in [0.4, 0.5) is 23.1 Å². The molecular weight excluding hydrogens is 430 g/mol. The van der Waals surface area contributed by atoms with Crippen LogP contribution in [0.1, 0.15) is 13.8 Å². The Morgan fingerprint density at radius 1 is 1.06 bits per heavy atom. The highest BCUT2D eigenvalue weighted by Gasteiger charge is 2.22. The lowest BCUT2D eigenvalue weighted by Gasteiger charge is -2.36. The summed E-state index contributed by atoms with van der Waals surface area (Å²) in [6.45, 7) is 5.89. The van der Waals surface area contributed by atoms with E-state index in [0.29, 0.717) is 22.5 Å². The Morgan fingerprint density at radius 2 is 1.74 bits per heavy atom. The van der Waals surface area contributed by atoms with E-state index in [0.717, 1.165) is 29.9 Å². The molecule has 0 radical (unpaired) electrons. The molecule has 1 aliphatic rings. The number of nitrogens with two attached hydrogens (primary N) is 1. The molecule has 1 aromatic carbocycles. The van der Waals surface area contributed by atoms with E-state index in [9.17, 15) is 4.79 Å². The highest BCUT2D eigenvalue weighted by molar-refractivity contribution is 5.95. The highest BCUT2D eigenvalue weighted by Crippen LogP contribution is 2.29. The Bertz CT molecular complexity index is 1370. The Morgan fingerprint density at radius 3 is 2.41 bits per heavy atom. The average molecular weight is 458 g/mol. The fourth-order valence-electron chi connectivity index (χ4n) is 4.35. The molecule has 0 bridgehead atoms. The molecular formula is C25H27N7O2. The Hall–Kier alpha value is -3.98. The van der Waals surface area contributed by atoms with Crippen LogP contribution in [0.2, 0.25) is 0 Å². The molecule has 0 spiro atoms. The number of nitrogen functional groups attached to an aromatic ring is 1. The van der Waals surface area contributed by atoms with Crippen LogP contribution in [0, 0.1) is 0 Å².